The maximum atomic E-state index is 5.38. The van der Waals surface area contributed by atoms with E-state index in [1.165, 1.54) is 26.4 Å². The minimum absolute atomic E-state index is 0.554. The van der Waals surface area contributed by atoms with Crippen LogP contribution in [0.4, 0.5) is 0 Å². The Balaban J connectivity index is 1.05. The SMILES string of the molecule is c1ccc(-c2nc(-c3ccc(-c4cccc5ccccc45)cc3)nc(-n3c4ccccc4c4ccc5c6ccccc6n(-c6ccc(-c7nc8ccccc8s7)cc6)c5c43)n2)cc1. The van der Waals surface area contributed by atoms with Crippen LogP contribution >= 0.6 is 11.3 Å². The quantitative estimate of drug-likeness (QED) is 0.168. The predicted molar refractivity (Wildman–Crippen MR) is 261 cm³/mol. The summed E-state index contributed by atoms with van der Waals surface area (Å²) in [6.07, 6.45) is 0. The van der Waals surface area contributed by atoms with Gasteiger partial charge >= 0.3 is 0 Å². The fraction of sp³-hybridized carbons (Fsp3) is 0. The van der Waals surface area contributed by atoms with Crippen molar-refractivity contribution in [2.24, 2.45) is 0 Å². The van der Waals surface area contributed by atoms with Crippen molar-refractivity contribution in [1.82, 2.24) is 29.1 Å². The van der Waals surface area contributed by atoms with E-state index in [4.69, 9.17) is 19.9 Å². The smallest absolute Gasteiger partial charge is 0.238 e. The van der Waals surface area contributed by atoms with Crippen LogP contribution in [0.5, 0.6) is 0 Å². The molecule has 0 aliphatic carbocycles. The first-order valence-corrected chi connectivity index (χ1v) is 21.9. The number of rotatable bonds is 6. The fourth-order valence-corrected chi connectivity index (χ4v) is 10.3. The third-order valence-corrected chi connectivity index (χ3v) is 13.3. The Morgan fingerprint density at radius 2 is 0.905 bits per heavy atom. The van der Waals surface area contributed by atoms with E-state index in [0.717, 1.165) is 76.7 Å². The molecule has 9 aromatic carbocycles. The largest absolute Gasteiger partial charge is 0.307 e. The van der Waals surface area contributed by atoms with Crippen LogP contribution in [0, 0.1) is 0 Å². The first-order chi connectivity index (χ1) is 31.2. The lowest BCUT2D eigenvalue weighted by Crippen LogP contribution is -2.07. The number of nitrogens with zero attached hydrogens (tertiary/aromatic N) is 6. The van der Waals surface area contributed by atoms with Crippen molar-refractivity contribution in [2.45, 2.75) is 0 Å². The van der Waals surface area contributed by atoms with Gasteiger partial charge in [-0.3, -0.25) is 4.57 Å². The Bertz CT molecular complexity index is 3860. The zero-order chi connectivity index (χ0) is 41.4. The average molecular weight is 823 g/mol. The van der Waals surface area contributed by atoms with Crippen molar-refractivity contribution in [2.75, 3.05) is 0 Å². The number of fused-ring (bicyclic) bond motifs is 9. The average Bonchev–Trinajstić information content (AvgIpc) is 4.05. The van der Waals surface area contributed by atoms with Crippen LogP contribution < -0.4 is 0 Å². The van der Waals surface area contributed by atoms with Gasteiger partial charge in [0.2, 0.25) is 5.95 Å². The summed E-state index contributed by atoms with van der Waals surface area (Å²) in [7, 11) is 0. The molecule has 0 radical (unpaired) electrons. The molecular weight excluding hydrogens is 789 g/mol. The number of aromatic nitrogens is 6. The normalized spacial score (nSPS) is 11.8. The van der Waals surface area contributed by atoms with Crippen LogP contribution in [-0.2, 0) is 0 Å². The molecule has 0 aliphatic rings. The Morgan fingerprint density at radius 3 is 1.63 bits per heavy atom. The molecule has 294 valence electrons. The highest BCUT2D eigenvalue weighted by Gasteiger charge is 2.24. The second-order valence-corrected chi connectivity index (χ2v) is 16.9. The minimum atomic E-state index is 0.554. The van der Waals surface area contributed by atoms with Crippen molar-refractivity contribution >= 4 is 75.9 Å². The molecule has 0 saturated carbocycles. The molecule has 0 saturated heterocycles. The molecule has 0 aliphatic heterocycles. The molecule has 0 N–H and O–H groups in total. The monoisotopic (exact) mass is 822 g/mol. The minimum Gasteiger partial charge on any atom is -0.307 e. The highest BCUT2D eigenvalue weighted by atomic mass is 32.1. The van der Waals surface area contributed by atoms with Crippen LogP contribution in [0.25, 0.3) is 121 Å². The maximum absolute atomic E-state index is 5.38. The number of para-hydroxylation sites is 3. The van der Waals surface area contributed by atoms with E-state index in [1.807, 2.05) is 24.3 Å². The lowest BCUT2D eigenvalue weighted by atomic mass is 9.97. The van der Waals surface area contributed by atoms with Crippen LogP contribution in [0.15, 0.2) is 206 Å². The molecule has 0 atom stereocenters. The van der Waals surface area contributed by atoms with Crippen LogP contribution in [0.3, 0.4) is 0 Å². The van der Waals surface area contributed by atoms with Crippen molar-refractivity contribution in [3.8, 4) is 56.1 Å². The van der Waals surface area contributed by atoms with Gasteiger partial charge in [-0.05, 0) is 70.4 Å². The standard InChI is InChI=1S/C56H34N6S/c1-2-14-37(15-3-1)53-58-54(38-27-25-36(26-28-38)42-20-12-16-35-13-4-5-17-41(35)42)60-56(59-53)62-49-23-10-7-19-44(49)46-34-33-45-43-18-6-9-22-48(43)61(51(45)52(46)62)40-31-29-39(30-32-40)55-57-47-21-8-11-24-50(47)63-55/h1-34H. The van der Waals surface area contributed by atoms with Crippen LogP contribution in [0.2, 0.25) is 0 Å². The molecule has 13 rings (SSSR count). The molecule has 4 aromatic heterocycles. The van der Waals surface area contributed by atoms with Gasteiger partial charge < -0.3 is 4.57 Å². The van der Waals surface area contributed by atoms with E-state index in [2.05, 4.69) is 191 Å². The van der Waals surface area contributed by atoms with E-state index >= 15 is 0 Å². The molecule has 7 heteroatoms. The number of benzene rings is 9. The zero-order valence-electron chi connectivity index (χ0n) is 33.7. The molecule has 6 nitrogen and oxygen atoms in total. The van der Waals surface area contributed by atoms with Crippen LogP contribution in [-0.4, -0.2) is 29.1 Å². The second kappa shape index (κ2) is 14.2. The highest BCUT2D eigenvalue weighted by Crippen LogP contribution is 2.42. The van der Waals surface area contributed by atoms with Gasteiger partial charge in [-0.2, -0.15) is 9.97 Å². The van der Waals surface area contributed by atoms with Gasteiger partial charge in [0.15, 0.2) is 11.6 Å². The summed E-state index contributed by atoms with van der Waals surface area (Å²) in [6.45, 7) is 0. The summed E-state index contributed by atoms with van der Waals surface area (Å²) >= 11 is 1.72. The molecule has 0 amide bonds. The van der Waals surface area contributed by atoms with E-state index in [9.17, 15) is 0 Å². The zero-order valence-corrected chi connectivity index (χ0v) is 34.5. The van der Waals surface area contributed by atoms with Gasteiger partial charge in [-0.25, -0.2) is 9.97 Å². The summed E-state index contributed by atoms with van der Waals surface area (Å²) in [5.41, 5.74) is 11.6. The van der Waals surface area contributed by atoms with E-state index in [-0.39, 0.29) is 0 Å². The van der Waals surface area contributed by atoms with Crippen molar-refractivity contribution in [3.63, 3.8) is 0 Å². The first-order valence-electron chi connectivity index (χ1n) is 21.1. The van der Waals surface area contributed by atoms with Gasteiger partial charge in [0, 0.05) is 43.9 Å². The van der Waals surface area contributed by atoms with Gasteiger partial charge in [0.25, 0.3) is 0 Å². The third-order valence-electron chi connectivity index (χ3n) is 12.2. The van der Waals surface area contributed by atoms with E-state index < -0.39 is 0 Å². The van der Waals surface area contributed by atoms with Gasteiger partial charge in [0.05, 0.1) is 32.3 Å². The highest BCUT2D eigenvalue weighted by molar-refractivity contribution is 7.21. The second-order valence-electron chi connectivity index (χ2n) is 15.8. The number of hydrogen-bond acceptors (Lipinski definition) is 5. The predicted octanol–water partition coefficient (Wildman–Crippen LogP) is 14.5. The molecule has 63 heavy (non-hydrogen) atoms. The molecule has 13 aromatic rings. The molecule has 0 fully saturated rings. The van der Waals surface area contributed by atoms with Crippen molar-refractivity contribution in [1.29, 1.82) is 0 Å². The summed E-state index contributed by atoms with van der Waals surface area (Å²) in [4.78, 5) is 20.8. The Morgan fingerprint density at radius 1 is 0.349 bits per heavy atom. The van der Waals surface area contributed by atoms with E-state index in [0.29, 0.717) is 17.6 Å². The first kappa shape index (κ1) is 35.5. The fourth-order valence-electron chi connectivity index (χ4n) is 9.31. The van der Waals surface area contributed by atoms with Crippen LogP contribution in [0.1, 0.15) is 0 Å². The van der Waals surface area contributed by atoms with Crippen molar-refractivity contribution < 1.29 is 0 Å². The van der Waals surface area contributed by atoms with Gasteiger partial charge in [-0.15, -0.1) is 11.3 Å². The lowest BCUT2D eigenvalue weighted by molar-refractivity contribution is 0.953. The summed E-state index contributed by atoms with van der Waals surface area (Å²) < 4.78 is 5.83. The topological polar surface area (TPSA) is 61.4 Å². The Labute approximate surface area is 365 Å². The molecule has 0 spiro atoms. The Kier molecular flexibility index (Phi) is 7.98. The van der Waals surface area contributed by atoms with Gasteiger partial charge in [-0.1, -0.05) is 158 Å². The third kappa shape index (κ3) is 5.71. The summed E-state index contributed by atoms with van der Waals surface area (Å²) in [5, 5.41) is 8.02. The molecule has 0 bridgehead atoms. The Hall–Kier alpha value is -8.26. The van der Waals surface area contributed by atoms with E-state index in [1.54, 1.807) is 11.3 Å². The van der Waals surface area contributed by atoms with Crippen molar-refractivity contribution in [3.05, 3.63) is 206 Å². The number of hydrogen-bond donors (Lipinski definition) is 0. The molecule has 0 unspecified atom stereocenters. The lowest BCUT2D eigenvalue weighted by Gasteiger charge is -2.14. The summed E-state index contributed by atoms with van der Waals surface area (Å²) in [6, 6.07) is 72.7. The van der Waals surface area contributed by atoms with Gasteiger partial charge in [0.1, 0.15) is 5.01 Å². The maximum Gasteiger partial charge on any atom is 0.238 e. The molecular formula is C56H34N6S. The molecule has 4 heterocycles. The summed E-state index contributed by atoms with van der Waals surface area (Å²) in [5.74, 6) is 1.77. The number of thiazole rings is 1.